The minimum absolute atomic E-state index is 0.0231. The largest absolute Gasteiger partial charge is 0.396 e. The Kier molecular flexibility index (Phi) is 6.00. The minimum atomic E-state index is -0.226. The van der Waals surface area contributed by atoms with E-state index >= 15 is 0 Å². The van der Waals surface area contributed by atoms with Gasteiger partial charge in [0.05, 0.1) is 6.54 Å². The number of aromatic nitrogens is 3. The Balaban J connectivity index is 1.64. The zero-order valence-electron chi connectivity index (χ0n) is 14.3. The quantitative estimate of drug-likeness (QED) is 0.727. The molecule has 1 aliphatic rings. The van der Waals surface area contributed by atoms with E-state index in [0.29, 0.717) is 6.54 Å². The summed E-state index contributed by atoms with van der Waals surface area (Å²) in [6.07, 6.45) is 8.38. The van der Waals surface area contributed by atoms with E-state index in [-0.39, 0.29) is 24.6 Å². The summed E-state index contributed by atoms with van der Waals surface area (Å²) in [5.41, 5.74) is 1.72. The number of urea groups is 1. The van der Waals surface area contributed by atoms with Crippen molar-refractivity contribution in [2.75, 3.05) is 11.9 Å². The van der Waals surface area contributed by atoms with Gasteiger partial charge < -0.3 is 15.7 Å². The Bertz CT molecular complexity index is 674. The van der Waals surface area contributed by atoms with Crippen molar-refractivity contribution in [1.82, 2.24) is 20.1 Å². The lowest BCUT2D eigenvalue weighted by Crippen LogP contribution is -2.43. The van der Waals surface area contributed by atoms with E-state index in [9.17, 15) is 9.90 Å². The van der Waals surface area contributed by atoms with Crippen LogP contribution in [0.25, 0.3) is 0 Å². The van der Waals surface area contributed by atoms with Crippen LogP contribution < -0.4 is 10.6 Å². The maximum Gasteiger partial charge on any atom is 0.319 e. The van der Waals surface area contributed by atoms with E-state index in [1.807, 2.05) is 24.3 Å². The topological polar surface area (TPSA) is 92.1 Å². The summed E-state index contributed by atoms with van der Waals surface area (Å²) >= 11 is 0. The molecule has 2 unspecified atom stereocenters. The van der Waals surface area contributed by atoms with Gasteiger partial charge in [-0.1, -0.05) is 37.5 Å². The van der Waals surface area contributed by atoms with E-state index in [1.165, 1.54) is 6.33 Å². The van der Waals surface area contributed by atoms with Crippen LogP contribution in [0.5, 0.6) is 0 Å². The number of anilines is 1. The number of nitrogens with one attached hydrogen (secondary N) is 2. The maximum atomic E-state index is 12.5. The lowest BCUT2D eigenvalue weighted by Gasteiger charge is -2.25. The van der Waals surface area contributed by atoms with E-state index in [4.69, 9.17) is 0 Å². The third-order valence-electron chi connectivity index (χ3n) is 4.77. The fraction of sp³-hybridized carbons (Fsp3) is 0.500. The number of carbonyl (C=O) groups is 1. The van der Waals surface area contributed by atoms with Crippen LogP contribution in [0.15, 0.2) is 36.9 Å². The van der Waals surface area contributed by atoms with Crippen molar-refractivity contribution in [2.24, 2.45) is 5.92 Å². The molecular formula is C18H25N5O2. The highest BCUT2D eigenvalue weighted by Gasteiger charge is 2.24. The van der Waals surface area contributed by atoms with Gasteiger partial charge in [0, 0.05) is 24.3 Å². The molecule has 0 spiro atoms. The molecule has 7 nitrogen and oxygen atoms in total. The molecule has 1 aromatic heterocycles. The van der Waals surface area contributed by atoms with Crippen LogP contribution in [-0.2, 0) is 6.54 Å². The van der Waals surface area contributed by atoms with Gasteiger partial charge >= 0.3 is 6.03 Å². The lowest BCUT2D eigenvalue weighted by atomic mass is 9.96. The van der Waals surface area contributed by atoms with Gasteiger partial charge in [-0.25, -0.2) is 14.5 Å². The second-order valence-electron chi connectivity index (χ2n) is 6.54. The molecule has 1 heterocycles. The molecule has 0 saturated heterocycles. The maximum absolute atomic E-state index is 12.5. The first-order valence-corrected chi connectivity index (χ1v) is 8.85. The van der Waals surface area contributed by atoms with Crippen molar-refractivity contribution in [3.63, 3.8) is 0 Å². The van der Waals surface area contributed by atoms with Crippen LogP contribution in [0, 0.1) is 5.92 Å². The molecule has 0 bridgehead atoms. The van der Waals surface area contributed by atoms with Crippen LogP contribution in [0.3, 0.4) is 0 Å². The van der Waals surface area contributed by atoms with E-state index < -0.39 is 0 Å². The monoisotopic (exact) mass is 343 g/mol. The van der Waals surface area contributed by atoms with Crippen LogP contribution in [0.1, 0.15) is 37.7 Å². The molecule has 3 rings (SSSR count). The van der Waals surface area contributed by atoms with Gasteiger partial charge in [-0.15, -0.1) is 0 Å². The van der Waals surface area contributed by atoms with Crippen molar-refractivity contribution >= 4 is 11.7 Å². The molecule has 0 aliphatic heterocycles. The van der Waals surface area contributed by atoms with Crippen molar-refractivity contribution < 1.29 is 9.90 Å². The Hall–Kier alpha value is -2.41. The molecule has 1 fully saturated rings. The fourth-order valence-electron chi connectivity index (χ4n) is 3.39. The van der Waals surface area contributed by atoms with Crippen LogP contribution in [-0.4, -0.2) is 38.6 Å². The van der Waals surface area contributed by atoms with Crippen molar-refractivity contribution in [3.8, 4) is 0 Å². The summed E-state index contributed by atoms with van der Waals surface area (Å²) in [6.45, 7) is 0.660. The van der Waals surface area contributed by atoms with Crippen LogP contribution in [0.4, 0.5) is 10.5 Å². The summed E-state index contributed by atoms with van der Waals surface area (Å²) in [5, 5.41) is 19.7. The SMILES string of the molecule is O=C(Nc1ccccc1Cn1cncn1)NC1CCCCCC1CO. The number of rotatable bonds is 5. The van der Waals surface area contributed by atoms with Crippen LogP contribution in [0.2, 0.25) is 0 Å². The number of nitrogens with zero attached hydrogens (tertiary/aromatic N) is 3. The second-order valence-corrected chi connectivity index (χ2v) is 6.54. The van der Waals surface area contributed by atoms with Crippen molar-refractivity contribution in [2.45, 2.75) is 44.7 Å². The third-order valence-corrected chi connectivity index (χ3v) is 4.77. The summed E-state index contributed by atoms with van der Waals surface area (Å²) in [4.78, 5) is 16.4. The summed E-state index contributed by atoms with van der Waals surface area (Å²) in [6, 6.07) is 7.46. The normalized spacial score (nSPS) is 20.7. The molecule has 2 aromatic rings. The van der Waals surface area contributed by atoms with Gasteiger partial charge in [0.2, 0.25) is 0 Å². The predicted octanol–water partition coefficient (Wildman–Crippen LogP) is 2.39. The number of hydrogen-bond acceptors (Lipinski definition) is 4. The van der Waals surface area contributed by atoms with E-state index in [1.54, 1.807) is 11.0 Å². The average Bonchev–Trinajstić information content (AvgIpc) is 3.02. The number of aliphatic hydroxyl groups is 1. The number of amides is 2. The smallest absolute Gasteiger partial charge is 0.319 e. The number of aliphatic hydroxyl groups excluding tert-OH is 1. The van der Waals surface area contributed by atoms with Gasteiger partial charge in [0.15, 0.2) is 0 Å². The molecule has 134 valence electrons. The van der Waals surface area contributed by atoms with Gasteiger partial charge in [0.1, 0.15) is 12.7 Å². The highest BCUT2D eigenvalue weighted by Crippen LogP contribution is 2.23. The summed E-state index contributed by atoms with van der Waals surface area (Å²) in [7, 11) is 0. The highest BCUT2D eigenvalue weighted by atomic mass is 16.3. The molecule has 1 aliphatic carbocycles. The zero-order chi connectivity index (χ0) is 17.5. The van der Waals surface area contributed by atoms with Gasteiger partial charge in [-0.3, -0.25) is 0 Å². The fourth-order valence-corrected chi connectivity index (χ4v) is 3.39. The Morgan fingerprint density at radius 2 is 2.08 bits per heavy atom. The minimum Gasteiger partial charge on any atom is -0.396 e. The number of benzene rings is 1. The third kappa shape index (κ3) is 4.79. The van der Waals surface area contributed by atoms with Crippen molar-refractivity contribution in [1.29, 1.82) is 0 Å². The van der Waals surface area contributed by atoms with E-state index in [0.717, 1.165) is 43.4 Å². The molecule has 2 amide bonds. The highest BCUT2D eigenvalue weighted by molar-refractivity contribution is 5.90. The molecule has 3 N–H and O–H groups in total. The van der Waals surface area contributed by atoms with Crippen molar-refractivity contribution in [3.05, 3.63) is 42.5 Å². The predicted molar refractivity (Wildman–Crippen MR) is 95.2 cm³/mol. The van der Waals surface area contributed by atoms with Gasteiger partial charge in [-0.2, -0.15) is 5.10 Å². The molecule has 1 aromatic carbocycles. The second kappa shape index (κ2) is 8.62. The average molecular weight is 343 g/mol. The summed E-state index contributed by atoms with van der Waals surface area (Å²) in [5.74, 6) is 0.138. The Morgan fingerprint density at radius 3 is 2.88 bits per heavy atom. The van der Waals surface area contributed by atoms with Gasteiger partial charge in [0.25, 0.3) is 0 Å². The number of para-hydroxylation sites is 1. The first-order chi connectivity index (χ1) is 12.3. The molecular weight excluding hydrogens is 318 g/mol. The molecule has 0 radical (unpaired) electrons. The molecule has 2 atom stereocenters. The molecule has 25 heavy (non-hydrogen) atoms. The Morgan fingerprint density at radius 1 is 1.24 bits per heavy atom. The molecule has 7 heteroatoms. The first kappa shape index (κ1) is 17.4. The number of hydrogen-bond donors (Lipinski definition) is 3. The zero-order valence-corrected chi connectivity index (χ0v) is 14.3. The number of carbonyl (C=O) groups excluding carboxylic acids is 1. The van der Waals surface area contributed by atoms with Crippen LogP contribution >= 0.6 is 0 Å². The Labute approximate surface area is 147 Å². The first-order valence-electron chi connectivity index (χ1n) is 8.85. The molecule has 1 saturated carbocycles. The summed E-state index contributed by atoms with van der Waals surface area (Å²) < 4.78 is 1.71. The standard InChI is InChI=1S/C18H25N5O2/c24-11-15-7-2-1-3-8-17(15)22-18(25)21-16-9-5-4-6-14(16)10-23-13-19-12-20-23/h4-6,9,12-13,15,17,24H,1-3,7-8,10-11H2,(H2,21,22,25). The van der Waals surface area contributed by atoms with E-state index in [2.05, 4.69) is 20.7 Å². The lowest BCUT2D eigenvalue weighted by molar-refractivity contribution is 0.182. The van der Waals surface area contributed by atoms with Gasteiger partial charge in [-0.05, 0) is 24.5 Å².